The molecule has 0 fully saturated rings. The lowest BCUT2D eigenvalue weighted by Gasteiger charge is -2.05. The summed E-state index contributed by atoms with van der Waals surface area (Å²) in [5.74, 6) is -0.540. The predicted octanol–water partition coefficient (Wildman–Crippen LogP) is 2.52. The number of nitrogens with two attached hydrogens (primary N) is 1. The summed E-state index contributed by atoms with van der Waals surface area (Å²) in [5.41, 5.74) is 5.66. The molecule has 0 aliphatic heterocycles. The van der Waals surface area contributed by atoms with E-state index in [1.807, 2.05) is 36.4 Å². The highest BCUT2D eigenvalue weighted by atomic mass is 32.2. The number of hydrogen-bond acceptors (Lipinski definition) is 6. The topological polar surface area (TPSA) is 98.0 Å². The lowest BCUT2D eigenvalue weighted by atomic mass is 10.0. The molecule has 0 aliphatic carbocycles. The molecule has 3 N–H and O–H groups in total. The zero-order valence-corrected chi connectivity index (χ0v) is 13.5. The fourth-order valence-corrected chi connectivity index (χ4v) is 3.53. The first kappa shape index (κ1) is 15.4. The molecule has 0 radical (unpaired) electrons. The normalized spacial score (nSPS) is 10.6. The Morgan fingerprint density at radius 2 is 1.91 bits per heavy atom. The number of nitrogens with one attached hydrogen (secondary N) is 1. The van der Waals surface area contributed by atoms with Crippen LogP contribution in [0.15, 0.2) is 46.8 Å². The number of aromatic nitrogens is 2. The van der Waals surface area contributed by atoms with Gasteiger partial charge in [0.25, 0.3) is 5.91 Å². The molecular weight excluding hydrogens is 332 g/mol. The van der Waals surface area contributed by atoms with Crippen molar-refractivity contribution in [3.05, 3.63) is 48.0 Å². The molecule has 0 spiro atoms. The Labute approximate surface area is 140 Å². The summed E-state index contributed by atoms with van der Waals surface area (Å²) in [7, 11) is 0. The third-order valence-corrected chi connectivity index (χ3v) is 4.99. The highest BCUT2D eigenvalue weighted by Gasteiger charge is 2.13. The van der Waals surface area contributed by atoms with Crippen LogP contribution < -0.4 is 11.1 Å². The molecule has 3 rings (SSSR count). The maximum atomic E-state index is 12.5. The maximum absolute atomic E-state index is 12.5. The van der Waals surface area contributed by atoms with Crippen LogP contribution in [-0.2, 0) is 4.79 Å². The van der Waals surface area contributed by atoms with E-state index in [-0.39, 0.29) is 11.7 Å². The van der Waals surface area contributed by atoms with Gasteiger partial charge in [0, 0.05) is 5.56 Å². The van der Waals surface area contributed by atoms with Crippen molar-refractivity contribution in [3.63, 3.8) is 0 Å². The summed E-state index contributed by atoms with van der Waals surface area (Å²) < 4.78 is 0.581. The lowest BCUT2D eigenvalue weighted by Crippen LogP contribution is -2.12. The molecule has 6 nitrogen and oxygen atoms in total. The van der Waals surface area contributed by atoms with Crippen LogP contribution in [-0.4, -0.2) is 27.8 Å². The third kappa shape index (κ3) is 3.66. The van der Waals surface area contributed by atoms with Gasteiger partial charge in [-0.25, -0.2) is 0 Å². The molecule has 2 aromatic carbocycles. The van der Waals surface area contributed by atoms with Gasteiger partial charge in [-0.1, -0.05) is 59.5 Å². The SMILES string of the molecule is NC(=O)CSc1nnc(NC(=O)c2cccc3ccccc23)s1. The van der Waals surface area contributed by atoms with Crippen LogP contribution in [0.4, 0.5) is 5.13 Å². The minimum Gasteiger partial charge on any atom is -0.369 e. The molecule has 116 valence electrons. The van der Waals surface area contributed by atoms with Gasteiger partial charge in [-0.05, 0) is 16.8 Å². The monoisotopic (exact) mass is 344 g/mol. The standard InChI is InChI=1S/C15H12N4O2S2/c16-12(20)8-22-15-19-18-14(23-15)17-13(21)11-7-3-5-9-4-1-2-6-10(9)11/h1-7H,8H2,(H2,16,20)(H,17,18,21). The van der Waals surface area contributed by atoms with Gasteiger partial charge in [0.15, 0.2) is 4.34 Å². The average molecular weight is 344 g/mol. The van der Waals surface area contributed by atoms with Crippen molar-refractivity contribution in [2.45, 2.75) is 4.34 Å². The van der Waals surface area contributed by atoms with Gasteiger partial charge in [-0.3, -0.25) is 14.9 Å². The third-order valence-electron chi connectivity index (χ3n) is 3.00. The van der Waals surface area contributed by atoms with E-state index >= 15 is 0 Å². The molecule has 1 aromatic heterocycles. The Balaban J connectivity index is 1.77. The Hall–Kier alpha value is -2.45. The average Bonchev–Trinajstić information content (AvgIpc) is 2.99. The van der Waals surface area contributed by atoms with E-state index in [1.54, 1.807) is 6.07 Å². The van der Waals surface area contributed by atoms with Crippen LogP contribution in [0.1, 0.15) is 10.4 Å². The van der Waals surface area contributed by atoms with Gasteiger partial charge in [0.2, 0.25) is 11.0 Å². The second-order valence-electron chi connectivity index (χ2n) is 4.61. The minimum absolute atomic E-state index is 0.131. The summed E-state index contributed by atoms with van der Waals surface area (Å²) in [6.07, 6.45) is 0. The first-order chi connectivity index (χ1) is 11.1. The highest BCUT2D eigenvalue weighted by molar-refractivity contribution is 8.01. The van der Waals surface area contributed by atoms with Gasteiger partial charge in [0.05, 0.1) is 5.75 Å². The molecule has 2 amide bonds. The van der Waals surface area contributed by atoms with Crippen molar-refractivity contribution in [2.24, 2.45) is 5.73 Å². The highest BCUT2D eigenvalue weighted by Crippen LogP contribution is 2.26. The van der Waals surface area contributed by atoms with Gasteiger partial charge < -0.3 is 5.73 Å². The molecule has 23 heavy (non-hydrogen) atoms. The molecule has 0 atom stereocenters. The second-order valence-corrected chi connectivity index (χ2v) is 6.81. The minimum atomic E-state index is -0.424. The van der Waals surface area contributed by atoms with E-state index in [0.717, 1.165) is 10.8 Å². The summed E-state index contributed by atoms with van der Waals surface area (Å²) in [5, 5.41) is 12.8. The molecule has 1 heterocycles. The molecule has 0 saturated carbocycles. The Morgan fingerprint density at radius 3 is 2.74 bits per heavy atom. The van der Waals surface area contributed by atoms with Crippen LogP contribution in [0.2, 0.25) is 0 Å². The number of carbonyl (C=O) groups is 2. The van der Waals surface area contributed by atoms with Crippen molar-refractivity contribution < 1.29 is 9.59 Å². The largest absolute Gasteiger partial charge is 0.369 e. The van der Waals surface area contributed by atoms with Crippen molar-refractivity contribution in [2.75, 3.05) is 11.1 Å². The molecule has 0 saturated heterocycles. The zero-order chi connectivity index (χ0) is 16.2. The van der Waals surface area contributed by atoms with Crippen molar-refractivity contribution in [1.82, 2.24) is 10.2 Å². The van der Waals surface area contributed by atoms with E-state index in [2.05, 4.69) is 15.5 Å². The van der Waals surface area contributed by atoms with E-state index < -0.39 is 5.91 Å². The van der Waals surface area contributed by atoms with Crippen LogP contribution in [0.3, 0.4) is 0 Å². The van der Waals surface area contributed by atoms with Crippen molar-refractivity contribution >= 4 is 50.8 Å². The lowest BCUT2D eigenvalue weighted by molar-refractivity contribution is -0.115. The molecule has 0 unspecified atom stereocenters. The van der Waals surface area contributed by atoms with Gasteiger partial charge in [-0.15, -0.1) is 10.2 Å². The number of hydrogen-bond donors (Lipinski definition) is 2. The van der Waals surface area contributed by atoms with Gasteiger partial charge in [0.1, 0.15) is 0 Å². The number of nitrogens with zero attached hydrogens (tertiary/aromatic N) is 2. The fraction of sp³-hybridized carbons (Fsp3) is 0.0667. The van der Waals surface area contributed by atoms with Crippen LogP contribution >= 0.6 is 23.1 Å². The van der Waals surface area contributed by atoms with Gasteiger partial charge in [-0.2, -0.15) is 0 Å². The van der Waals surface area contributed by atoms with Crippen LogP contribution in [0.5, 0.6) is 0 Å². The van der Waals surface area contributed by atoms with Crippen molar-refractivity contribution in [1.29, 1.82) is 0 Å². The predicted molar refractivity (Wildman–Crippen MR) is 91.7 cm³/mol. The van der Waals surface area contributed by atoms with E-state index in [1.165, 1.54) is 23.1 Å². The number of fused-ring (bicyclic) bond motifs is 1. The van der Waals surface area contributed by atoms with Gasteiger partial charge >= 0.3 is 0 Å². The smallest absolute Gasteiger partial charge is 0.258 e. The number of carbonyl (C=O) groups excluding carboxylic acids is 2. The number of benzene rings is 2. The van der Waals surface area contributed by atoms with Crippen LogP contribution in [0.25, 0.3) is 10.8 Å². The zero-order valence-electron chi connectivity index (χ0n) is 11.9. The van der Waals surface area contributed by atoms with Crippen molar-refractivity contribution in [3.8, 4) is 0 Å². The first-order valence-electron chi connectivity index (χ1n) is 6.67. The number of thioether (sulfide) groups is 1. The number of anilines is 1. The molecule has 3 aromatic rings. The van der Waals surface area contributed by atoms with Crippen LogP contribution in [0, 0.1) is 0 Å². The summed E-state index contributed by atoms with van der Waals surface area (Å²) in [6.45, 7) is 0. The Bertz CT molecular complexity index is 873. The Kier molecular flexibility index (Phi) is 4.54. The van der Waals surface area contributed by atoms with E-state index in [0.29, 0.717) is 15.0 Å². The number of primary amides is 1. The number of rotatable bonds is 5. The fourth-order valence-electron chi connectivity index (χ4n) is 2.04. The molecule has 0 aliphatic rings. The maximum Gasteiger partial charge on any atom is 0.258 e. The summed E-state index contributed by atoms with van der Waals surface area (Å²) >= 11 is 2.40. The number of amides is 2. The summed E-state index contributed by atoms with van der Waals surface area (Å²) in [4.78, 5) is 23.2. The molecule has 0 bridgehead atoms. The van der Waals surface area contributed by atoms with E-state index in [4.69, 9.17) is 5.73 Å². The summed E-state index contributed by atoms with van der Waals surface area (Å²) in [6, 6.07) is 13.2. The quantitative estimate of drug-likeness (QED) is 0.547. The van der Waals surface area contributed by atoms with E-state index in [9.17, 15) is 9.59 Å². The Morgan fingerprint density at radius 1 is 1.13 bits per heavy atom. The molecule has 8 heteroatoms. The first-order valence-corrected chi connectivity index (χ1v) is 8.47. The molecular formula is C15H12N4O2S2. The second kappa shape index (κ2) is 6.76.